The number of rotatable bonds is 3. The monoisotopic (exact) mass is 359 g/mol. The second kappa shape index (κ2) is 5.68. The van der Waals surface area contributed by atoms with E-state index < -0.39 is 9.76 Å². The quantitative estimate of drug-likeness (QED) is 0.611. The maximum absolute atomic E-state index is 12.2. The Kier molecular flexibility index (Phi) is 4.22. The van der Waals surface area contributed by atoms with Gasteiger partial charge in [-0.1, -0.05) is 0 Å². The molecule has 3 nitrogen and oxygen atoms in total. The Labute approximate surface area is 117 Å². The van der Waals surface area contributed by atoms with Crippen LogP contribution in [0.15, 0.2) is 36.1 Å². The number of carbonyl (C=O) groups is 1. The normalized spacial score (nSPS) is 16.5. The van der Waals surface area contributed by atoms with Crippen molar-refractivity contribution >= 4 is 43.9 Å². The summed E-state index contributed by atoms with van der Waals surface area (Å²) in [6.45, 7) is 2.76. The average Bonchev–Trinajstić information content (AvgIpc) is 2.34. The van der Waals surface area contributed by atoms with Gasteiger partial charge in [0.15, 0.2) is 5.76 Å². The Morgan fingerprint density at radius 3 is 2.71 bits per heavy atom. The molecule has 90 valence electrons. The highest BCUT2D eigenvalue weighted by molar-refractivity contribution is 14.1. The van der Waals surface area contributed by atoms with Gasteiger partial charge in [-0.2, -0.15) is 0 Å². The number of amides is 1. The van der Waals surface area contributed by atoms with Crippen molar-refractivity contribution in [2.45, 2.75) is 13.0 Å². The van der Waals surface area contributed by atoms with Gasteiger partial charge in [-0.25, -0.2) is 0 Å². The summed E-state index contributed by atoms with van der Waals surface area (Å²) < 4.78 is 6.65. The maximum Gasteiger partial charge on any atom is 0.291 e. The molecule has 0 unspecified atom stereocenters. The van der Waals surface area contributed by atoms with Gasteiger partial charge in [0.05, 0.1) is 0 Å². The zero-order valence-electron chi connectivity index (χ0n) is 9.65. The first-order valence-electron chi connectivity index (χ1n) is 5.62. The van der Waals surface area contributed by atoms with Crippen LogP contribution >= 0.6 is 22.6 Å². The first-order chi connectivity index (χ1) is 8.22. The number of hydrogen-bond acceptors (Lipinski definition) is 2. The molecule has 0 saturated heterocycles. The summed E-state index contributed by atoms with van der Waals surface area (Å²) in [7, 11) is -0.589. The lowest BCUT2D eigenvalue weighted by Crippen LogP contribution is -2.36. The molecule has 1 aromatic carbocycles. The fourth-order valence-electron chi connectivity index (χ4n) is 1.79. The van der Waals surface area contributed by atoms with Gasteiger partial charge in [0.2, 0.25) is 9.76 Å². The molecule has 2 rings (SSSR count). The van der Waals surface area contributed by atoms with Crippen molar-refractivity contribution in [3.63, 3.8) is 0 Å². The highest BCUT2D eigenvalue weighted by Crippen LogP contribution is 2.22. The summed E-state index contributed by atoms with van der Waals surface area (Å²) >= 11 is 2.26. The van der Waals surface area contributed by atoms with Gasteiger partial charge < -0.3 is 9.33 Å². The molecule has 0 bridgehead atoms. The number of benzene rings is 1. The van der Waals surface area contributed by atoms with E-state index in [1.165, 1.54) is 3.57 Å². The van der Waals surface area contributed by atoms with Crippen LogP contribution in [0.4, 0.5) is 5.69 Å². The second-order valence-corrected chi connectivity index (χ2v) is 5.83. The number of halogens is 1. The number of carbonyl (C=O) groups excluding carboxylic acids is 1. The third-order valence-corrected chi connectivity index (χ3v) is 3.90. The molecule has 0 spiro atoms. The molecule has 1 aliphatic heterocycles. The lowest BCUT2D eigenvalue weighted by molar-refractivity contribution is -0.117. The van der Waals surface area contributed by atoms with Crippen LogP contribution in [0.5, 0.6) is 0 Å². The van der Waals surface area contributed by atoms with Crippen molar-refractivity contribution in [3.05, 3.63) is 39.7 Å². The first-order valence-corrected chi connectivity index (χ1v) is 8.70. The minimum Gasteiger partial charge on any atom is -0.546 e. The first kappa shape index (κ1) is 12.6. The molecule has 0 N–H and O–H groups in total. The Bertz CT molecular complexity index is 444. The van der Waals surface area contributed by atoms with E-state index in [1.807, 2.05) is 36.9 Å². The fourth-order valence-corrected chi connectivity index (χ4v) is 2.70. The molecule has 5 heteroatoms. The van der Waals surface area contributed by atoms with Gasteiger partial charge in [0, 0.05) is 15.8 Å². The molecule has 1 aliphatic rings. The van der Waals surface area contributed by atoms with Crippen LogP contribution in [0.2, 0.25) is 6.55 Å². The average molecular weight is 359 g/mol. The minimum atomic E-state index is -0.589. The summed E-state index contributed by atoms with van der Waals surface area (Å²) in [6.07, 6.45) is 2.77. The largest absolute Gasteiger partial charge is 0.546 e. The molecule has 1 aromatic rings. The van der Waals surface area contributed by atoms with Crippen LogP contribution in [0, 0.1) is 3.57 Å². The summed E-state index contributed by atoms with van der Waals surface area (Å²) in [6, 6.07) is 7.98. The van der Waals surface area contributed by atoms with Crippen molar-refractivity contribution < 1.29 is 9.22 Å². The SMILES string of the molecule is C[SiH2]OC1=CCCN(c2ccc(I)cc2)C1=O. The Hall–Kier alpha value is -0.823. The highest BCUT2D eigenvalue weighted by Gasteiger charge is 2.23. The van der Waals surface area contributed by atoms with Gasteiger partial charge in [0.25, 0.3) is 5.91 Å². The van der Waals surface area contributed by atoms with E-state index in [0.29, 0.717) is 5.76 Å². The smallest absolute Gasteiger partial charge is 0.291 e. The predicted octanol–water partition coefficient (Wildman–Crippen LogP) is 2.06. The zero-order valence-corrected chi connectivity index (χ0v) is 13.2. The molecule has 0 atom stereocenters. The van der Waals surface area contributed by atoms with E-state index in [-0.39, 0.29) is 5.91 Å². The van der Waals surface area contributed by atoms with Crippen molar-refractivity contribution in [3.8, 4) is 0 Å². The van der Waals surface area contributed by atoms with Crippen molar-refractivity contribution in [1.29, 1.82) is 0 Å². The lowest BCUT2D eigenvalue weighted by atomic mass is 10.2. The van der Waals surface area contributed by atoms with Crippen molar-refractivity contribution in [1.82, 2.24) is 0 Å². The van der Waals surface area contributed by atoms with E-state index in [0.717, 1.165) is 18.7 Å². The van der Waals surface area contributed by atoms with E-state index in [2.05, 4.69) is 22.6 Å². The molecule has 0 aliphatic carbocycles. The van der Waals surface area contributed by atoms with E-state index in [4.69, 9.17) is 4.43 Å². The van der Waals surface area contributed by atoms with Gasteiger partial charge in [0.1, 0.15) is 0 Å². The zero-order chi connectivity index (χ0) is 12.3. The molecule has 0 saturated carbocycles. The highest BCUT2D eigenvalue weighted by atomic mass is 127. The molecule has 1 heterocycles. The van der Waals surface area contributed by atoms with Gasteiger partial charge >= 0.3 is 0 Å². The van der Waals surface area contributed by atoms with Crippen LogP contribution < -0.4 is 4.90 Å². The summed E-state index contributed by atoms with van der Waals surface area (Å²) in [4.78, 5) is 13.9. The number of anilines is 1. The Morgan fingerprint density at radius 2 is 2.06 bits per heavy atom. The van der Waals surface area contributed by atoms with Crippen molar-refractivity contribution in [2.24, 2.45) is 0 Å². The van der Waals surface area contributed by atoms with Crippen molar-refractivity contribution in [2.75, 3.05) is 11.4 Å². The molecule has 1 amide bonds. The molecule has 0 aromatic heterocycles. The predicted molar refractivity (Wildman–Crippen MR) is 79.7 cm³/mol. The van der Waals surface area contributed by atoms with E-state index in [1.54, 1.807) is 4.90 Å². The minimum absolute atomic E-state index is 0.00759. The van der Waals surface area contributed by atoms with Crippen LogP contribution in [-0.2, 0) is 9.22 Å². The summed E-state index contributed by atoms with van der Waals surface area (Å²) in [5, 5.41) is 0. The number of hydrogen-bond donors (Lipinski definition) is 0. The third-order valence-electron chi connectivity index (χ3n) is 2.58. The summed E-state index contributed by atoms with van der Waals surface area (Å²) in [5.74, 6) is 0.524. The third kappa shape index (κ3) is 2.89. The summed E-state index contributed by atoms with van der Waals surface area (Å²) in [5.41, 5.74) is 0.947. The molecular weight excluding hydrogens is 345 g/mol. The van der Waals surface area contributed by atoms with Crippen LogP contribution in [0.3, 0.4) is 0 Å². The number of nitrogens with zero attached hydrogens (tertiary/aromatic N) is 1. The van der Waals surface area contributed by atoms with Crippen LogP contribution in [0.1, 0.15) is 6.42 Å². The van der Waals surface area contributed by atoms with E-state index >= 15 is 0 Å². The van der Waals surface area contributed by atoms with Crippen LogP contribution in [-0.4, -0.2) is 22.2 Å². The second-order valence-electron chi connectivity index (χ2n) is 3.72. The Morgan fingerprint density at radius 1 is 1.35 bits per heavy atom. The molecule has 0 fully saturated rings. The van der Waals surface area contributed by atoms with E-state index in [9.17, 15) is 4.79 Å². The molecule has 0 radical (unpaired) electrons. The standard InChI is InChI=1S/C12H14INO2Si/c1-17-16-11-3-2-8-14(12(11)15)10-6-4-9(13)5-7-10/h3-7H,2,8,17H2,1H3. The van der Waals surface area contributed by atoms with Crippen LogP contribution in [0.25, 0.3) is 0 Å². The lowest BCUT2D eigenvalue weighted by Gasteiger charge is -2.27. The topological polar surface area (TPSA) is 29.5 Å². The van der Waals surface area contributed by atoms with Gasteiger partial charge in [-0.3, -0.25) is 4.79 Å². The molecular formula is C12H14INO2Si. The molecule has 17 heavy (non-hydrogen) atoms. The Balaban J connectivity index is 2.20. The fraction of sp³-hybridized carbons (Fsp3) is 0.250. The van der Waals surface area contributed by atoms with Gasteiger partial charge in [-0.05, 0) is 65.9 Å². The van der Waals surface area contributed by atoms with Gasteiger partial charge in [-0.15, -0.1) is 0 Å². The maximum atomic E-state index is 12.2.